The van der Waals surface area contributed by atoms with Gasteiger partial charge < -0.3 is 11.1 Å². The first kappa shape index (κ1) is 22.8. The van der Waals surface area contributed by atoms with Crippen molar-refractivity contribution in [1.82, 2.24) is 19.9 Å². The van der Waals surface area contributed by atoms with E-state index in [0.717, 1.165) is 5.56 Å². The number of benzene rings is 3. The van der Waals surface area contributed by atoms with Crippen LogP contribution in [0.25, 0.3) is 27.9 Å². The van der Waals surface area contributed by atoms with E-state index >= 15 is 0 Å². The first-order chi connectivity index (χ1) is 16.7. The molecule has 1 amide bonds. The van der Waals surface area contributed by atoms with Gasteiger partial charge >= 0.3 is 0 Å². The third kappa shape index (κ3) is 4.18. The lowest BCUT2D eigenvalue weighted by molar-refractivity contribution is 0.0953. The van der Waals surface area contributed by atoms with Gasteiger partial charge in [0.1, 0.15) is 16.9 Å². The summed E-state index contributed by atoms with van der Waals surface area (Å²) in [7, 11) is -3.87. The molecule has 0 radical (unpaired) electrons. The molecule has 0 saturated carbocycles. The molecule has 2 aromatic heterocycles. The Labute approximate surface area is 205 Å². The van der Waals surface area contributed by atoms with Crippen LogP contribution in [0.15, 0.2) is 77.7 Å². The van der Waals surface area contributed by atoms with E-state index in [9.17, 15) is 13.2 Å². The lowest BCUT2D eigenvalue weighted by Crippen LogP contribution is -2.24. The van der Waals surface area contributed by atoms with E-state index in [0.29, 0.717) is 32.9 Å². The summed E-state index contributed by atoms with van der Waals surface area (Å²) in [6.45, 7) is 0.189. The Morgan fingerprint density at radius 3 is 2.23 bits per heavy atom. The van der Waals surface area contributed by atoms with Crippen LogP contribution >= 0.6 is 11.6 Å². The quantitative estimate of drug-likeness (QED) is 0.333. The highest BCUT2D eigenvalue weighted by molar-refractivity contribution is 7.89. The van der Waals surface area contributed by atoms with Gasteiger partial charge in [-0.25, -0.2) is 23.5 Å². The maximum atomic E-state index is 13.3. The first-order valence-corrected chi connectivity index (χ1v) is 12.4. The molecule has 2 heterocycles. The van der Waals surface area contributed by atoms with Gasteiger partial charge in [0.2, 0.25) is 10.0 Å². The van der Waals surface area contributed by atoms with Crippen molar-refractivity contribution in [2.75, 3.05) is 5.73 Å². The second kappa shape index (κ2) is 8.66. The lowest BCUT2D eigenvalue weighted by atomic mass is 10.2. The molecule has 0 aliphatic rings. The van der Waals surface area contributed by atoms with Gasteiger partial charge in [-0.2, -0.15) is 0 Å². The zero-order chi connectivity index (χ0) is 24.7. The molecule has 0 spiro atoms. The van der Waals surface area contributed by atoms with Gasteiger partial charge in [-0.15, -0.1) is 0 Å². The summed E-state index contributed by atoms with van der Waals surface area (Å²) in [6, 6.07) is 20.3. The predicted molar refractivity (Wildman–Crippen MR) is 135 cm³/mol. The number of nitrogen functional groups attached to an aromatic ring is 1. The Morgan fingerprint density at radius 2 is 1.57 bits per heavy atom. The number of para-hydroxylation sites is 2. The number of hydrogen-bond acceptors (Lipinski definition) is 6. The molecule has 176 valence electrons. The molecule has 3 aromatic carbocycles. The van der Waals surface area contributed by atoms with Crippen LogP contribution in [0.1, 0.15) is 15.9 Å². The van der Waals surface area contributed by atoms with Gasteiger partial charge in [0, 0.05) is 17.3 Å². The Morgan fingerprint density at radius 1 is 0.943 bits per heavy atom. The number of primary sulfonamides is 1. The predicted octanol–water partition coefficient (Wildman–Crippen LogP) is 3.39. The molecule has 0 saturated heterocycles. The van der Waals surface area contributed by atoms with Gasteiger partial charge in [0.15, 0.2) is 5.65 Å². The third-order valence-electron chi connectivity index (χ3n) is 5.55. The van der Waals surface area contributed by atoms with Crippen molar-refractivity contribution >= 4 is 55.5 Å². The van der Waals surface area contributed by atoms with E-state index < -0.39 is 15.9 Å². The Bertz CT molecular complexity index is 1720. The summed E-state index contributed by atoms with van der Waals surface area (Å²) in [6.07, 6.45) is 0. The van der Waals surface area contributed by atoms with Crippen LogP contribution in [0.2, 0.25) is 5.02 Å². The van der Waals surface area contributed by atoms with Crippen molar-refractivity contribution in [3.63, 3.8) is 0 Å². The van der Waals surface area contributed by atoms with Crippen molar-refractivity contribution in [2.45, 2.75) is 11.4 Å². The van der Waals surface area contributed by atoms with E-state index in [4.69, 9.17) is 27.5 Å². The number of hydrogen-bond donors (Lipinski definition) is 3. The number of amides is 1. The van der Waals surface area contributed by atoms with E-state index in [1.54, 1.807) is 28.8 Å². The highest BCUT2D eigenvalue weighted by atomic mass is 35.5. The van der Waals surface area contributed by atoms with Gasteiger partial charge in [-0.1, -0.05) is 41.9 Å². The molecule has 5 aromatic rings. The van der Waals surface area contributed by atoms with Gasteiger partial charge in [0.25, 0.3) is 5.91 Å². The smallest absolute Gasteiger partial charge is 0.257 e. The molecule has 0 aliphatic heterocycles. The number of carbonyl (C=O) groups is 1. The van der Waals surface area contributed by atoms with Crippen LogP contribution in [0, 0.1) is 0 Å². The number of halogens is 1. The van der Waals surface area contributed by atoms with E-state index in [1.165, 1.54) is 24.3 Å². The summed E-state index contributed by atoms with van der Waals surface area (Å²) in [5, 5.41) is 8.60. The highest BCUT2D eigenvalue weighted by Crippen LogP contribution is 2.31. The fraction of sp³-hybridized carbons (Fsp3) is 0.0417. The molecule has 5 N–H and O–H groups in total. The number of carbonyl (C=O) groups excluding carboxylic acids is 1. The standard InChI is InChI=1S/C24H19ClN6O3S/c25-17-6-2-1-5-14(17)13-28-24(32)20-21-23(30-19-8-4-3-7-18(19)29-21)31(22(20)26)15-9-11-16(12-10-15)35(27,33)34/h1-12H,13,26H2,(H,28,32)(H2,27,33,34). The Kier molecular flexibility index (Phi) is 5.64. The topological polar surface area (TPSA) is 146 Å². The fourth-order valence-electron chi connectivity index (χ4n) is 3.84. The van der Waals surface area contributed by atoms with E-state index in [1.807, 2.05) is 24.3 Å². The van der Waals surface area contributed by atoms with E-state index in [-0.39, 0.29) is 22.8 Å². The first-order valence-electron chi connectivity index (χ1n) is 10.5. The molecule has 0 bridgehead atoms. The maximum absolute atomic E-state index is 13.3. The van der Waals surface area contributed by atoms with Gasteiger partial charge in [-0.05, 0) is 48.0 Å². The van der Waals surface area contributed by atoms with Crippen molar-refractivity contribution < 1.29 is 13.2 Å². The molecule has 35 heavy (non-hydrogen) atoms. The zero-order valence-electron chi connectivity index (χ0n) is 18.1. The van der Waals surface area contributed by atoms with Gasteiger partial charge in [0.05, 0.1) is 15.9 Å². The summed E-state index contributed by atoms with van der Waals surface area (Å²) in [5.41, 5.74) is 9.77. The number of fused-ring (bicyclic) bond motifs is 2. The molecular formula is C24H19ClN6O3S. The van der Waals surface area contributed by atoms with Crippen LogP contribution in [-0.2, 0) is 16.6 Å². The summed E-state index contributed by atoms with van der Waals surface area (Å²) in [5.74, 6) is -0.341. The van der Waals surface area contributed by atoms with E-state index in [2.05, 4.69) is 10.3 Å². The normalized spacial score (nSPS) is 11.7. The summed E-state index contributed by atoms with van der Waals surface area (Å²) < 4.78 is 24.9. The molecule has 0 aliphatic carbocycles. The Balaban J connectivity index is 1.66. The average molecular weight is 507 g/mol. The number of aromatic nitrogens is 3. The minimum Gasteiger partial charge on any atom is -0.384 e. The fourth-order valence-corrected chi connectivity index (χ4v) is 4.56. The second-order valence-electron chi connectivity index (χ2n) is 7.79. The van der Waals surface area contributed by atoms with Crippen LogP contribution < -0.4 is 16.2 Å². The molecule has 11 heteroatoms. The molecule has 0 fully saturated rings. The van der Waals surface area contributed by atoms with Crippen LogP contribution in [0.3, 0.4) is 0 Å². The Hall–Kier alpha value is -3.99. The number of sulfonamides is 1. The number of rotatable bonds is 5. The molecule has 0 unspecified atom stereocenters. The van der Waals surface area contributed by atoms with Gasteiger partial charge in [-0.3, -0.25) is 9.36 Å². The maximum Gasteiger partial charge on any atom is 0.257 e. The third-order valence-corrected chi connectivity index (χ3v) is 6.84. The molecule has 5 rings (SSSR count). The van der Waals surface area contributed by atoms with Crippen LogP contribution in [0.5, 0.6) is 0 Å². The monoisotopic (exact) mass is 506 g/mol. The van der Waals surface area contributed by atoms with Crippen LogP contribution in [0.4, 0.5) is 5.82 Å². The van der Waals surface area contributed by atoms with Crippen molar-refractivity contribution in [1.29, 1.82) is 0 Å². The second-order valence-corrected chi connectivity index (χ2v) is 9.76. The number of nitrogens with zero attached hydrogens (tertiary/aromatic N) is 3. The number of anilines is 1. The zero-order valence-corrected chi connectivity index (χ0v) is 19.7. The minimum absolute atomic E-state index is 0.0504. The lowest BCUT2D eigenvalue weighted by Gasteiger charge is -2.09. The molecule has 9 nitrogen and oxygen atoms in total. The number of nitrogens with two attached hydrogens (primary N) is 2. The van der Waals surface area contributed by atoms with Crippen LogP contribution in [-0.4, -0.2) is 28.9 Å². The SMILES string of the molecule is Nc1c(C(=O)NCc2ccccc2Cl)c2nc3ccccc3nc2n1-c1ccc(S(N)(=O)=O)cc1. The van der Waals surface area contributed by atoms with Crippen molar-refractivity contribution in [3.05, 3.63) is 88.9 Å². The summed E-state index contributed by atoms with van der Waals surface area (Å²) in [4.78, 5) is 22.6. The molecular weight excluding hydrogens is 488 g/mol. The minimum atomic E-state index is -3.87. The largest absolute Gasteiger partial charge is 0.384 e. The number of nitrogens with one attached hydrogen (secondary N) is 1. The summed E-state index contributed by atoms with van der Waals surface area (Å²) >= 11 is 6.22. The van der Waals surface area contributed by atoms with Crippen molar-refractivity contribution in [3.8, 4) is 5.69 Å². The average Bonchev–Trinajstić information content (AvgIpc) is 3.12. The van der Waals surface area contributed by atoms with Crippen molar-refractivity contribution in [2.24, 2.45) is 5.14 Å². The molecule has 0 atom stereocenters. The highest BCUT2D eigenvalue weighted by Gasteiger charge is 2.25.